The Morgan fingerprint density at radius 2 is 1.74 bits per heavy atom. The summed E-state index contributed by atoms with van der Waals surface area (Å²) < 4.78 is 13.0. The highest BCUT2D eigenvalue weighted by Crippen LogP contribution is 2.24. The van der Waals surface area contributed by atoms with Crippen molar-refractivity contribution in [3.63, 3.8) is 0 Å². The molecule has 0 radical (unpaired) electrons. The van der Waals surface area contributed by atoms with Gasteiger partial charge in [-0.1, -0.05) is 47.8 Å². The predicted molar refractivity (Wildman–Crippen MR) is 75.6 cm³/mol. The van der Waals surface area contributed by atoms with Crippen molar-refractivity contribution in [1.82, 2.24) is 9.97 Å². The molecule has 1 aromatic carbocycles. The summed E-state index contributed by atoms with van der Waals surface area (Å²) in [6, 6.07) is 4.18. The fraction of sp³-hybridized carbons (Fsp3) is 0.231. The SMILES string of the molecule is CCc1c(Cl)nc(Cc2ccc(F)cc2Cl)nc1Cl. The molecule has 0 spiro atoms. The molecular formula is C13H10Cl3FN2. The lowest BCUT2D eigenvalue weighted by Crippen LogP contribution is -2.01. The second kappa shape index (κ2) is 6.04. The van der Waals surface area contributed by atoms with Crippen molar-refractivity contribution in [2.45, 2.75) is 19.8 Å². The minimum absolute atomic E-state index is 0.329. The minimum Gasteiger partial charge on any atom is -0.220 e. The highest BCUT2D eigenvalue weighted by molar-refractivity contribution is 6.34. The highest BCUT2D eigenvalue weighted by Gasteiger charge is 2.11. The van der Waals surface area contributed by atoms with Crippen LogP contribution in [0.3, 0.4) is 0 Å². The second-order valence-corrected chi connectivity index (χ2v) is 5.09. The molecule has 19 heavy (non-hydrogen) atoms. The van der Waals surface area contributed by atoms with Gasteiger partial charge < -0.3 is 0 Å². The third-order valence-corrected chi connectivity index (χ3v) is 3.65. The monoisotopic (exact) mass is 318 g/mol. The summed E-state index contributed by atoms with van der Waals surface area (Å²) >= 11 is 18.0. The maximum Gasteiger partial charge on any atom is 0.137 e. The van der Waals surface area contributed by atoms with Crippen molar-refractivity contribution < 1.29 is 4.39 Å². The average Bonchev–Trinajstić information content (AvgIpc) is 2.32. The van der Waals surface area contributed by atoms with Gasteiger partial charge in [-0.25, -0.2) is 14.4 Å². The van der Waals surface area contributed by atoms with E-state index in [1.54, 1.807) is 6.07 Å². The zero-order valence-corrected chi connectivity index (χ0v) is 12.3. The van der Waals surface area contributed by atoms with Gasteiger partial charge in [-0.3, -0.25) is 0 Å². The van der Waals surface area contributed by atoms with Crippen LogP contribution < -0.4 is 0 Å². The molecule has 0 fully saturated rings. The van der Waals surface area contributed by atoms with Gasteiger partial charge in [0.25, 0.3) is 0 Å². The molecule has 2 nitrogen and oxygen atoms in total. The normalized spacial score (nSPS) is 10.8. The fourth-order valence-corrected chi connectivity index (χ4v) is 2.60. The van der Waals surface area contributed by atoms with Gasteiger partial charge in [0.1, 0.15) is 21.9 Å². The number of hydrogen-bond acceptors (Lipinski definition) is 2. The van der Waals surface area contributed by atoms with Crippen LogP contribution in [0.2, 0.25) is 15.3 Å². The largest absolute Gasteiger partial charge is 0.220 e. The zero-order valence-electron chi connectivity index (χ0n) is 10.1. The van der Waals surface area contributed by atoms with E-state index in [0.717, 1.165) is 11.1 Å². The molecule has 2 rings (SSSR count). The Bertz CT molecular complexity index is 594. The van der Waals surface area contributed by atoms with Crippen LogP contribution in [-0.2, 0) is 12.8 Å². The Balaban J connectivity index is 2.33. The van der Waals surface area contributed by atoms with Gasteiger partial charge in [0, 0.05) is 17.0 Å². The van der Waals surface area contributed by atoms with E-state index in [1.165, 1.54) is 12.1 Å². The molecule has 1 heterocycles. The van der Waals surface area contributed by atoms with E-state index in [0.29, 0.717) is 34.0 Å². The van der Waals surface area contributed by atoms with Gasteiger partial charge in [-0.2, -0.15) is 0 Å². The Hall–Kier alpha value is -0.900. The third kappa shape index (κ3) is 3.35. The van der Waals surface area contributed by atoms with Crippen molar-refractivity contribution in [2.75, 3.05) is 0 Å². The van der Waals surface area contributed by atoms with Crippen LogP contribution in [0.1, 0.15) is 23.9 Å². The predicted octanol–water partition coefficient (Wildman–Crippen LogP) is 4.73. The fourth-order valence-electron chi connectivity index (χ4n) is 1.68. The van der Waals surface area contributed by atoms with E-state index in [1.807, 2.05) is 6.92 Å². The topological polar surface area (TPSA) is 25.8 Å². The molecule has 0 saturated heterocycles. The molecule has 100 valence electrons. The molecule has 0 bridgehead atoms. The van der Waals surface area contributed by atoms with Gasteiger partial charge >= 0.3 is 0 Å². The molecule has 0 saturated carbocycles. The Morgan fingerprint density at radius 3 is 2.26 bits per heavy atom. The summed E-state index contributed by atoms with van der Waals surface area (Å²) in [5.74, 6) is 0.0766. The molecule has 0 aliphatic carbocycles. The Morgan fingerprint density at radius 1 is 1.11 bits per heavy atom. The molecule has 0 unspecified atom stereocenters. The first-order chi connectivity index (χ1) is 9.01. The molecule has 0 amide bonds. The zero-order chi connectivity index (χ0) is 14.0. The molecule has 6 heteroatoms. The summed E-state index contributed by atoms with van der Waals surface area (Å²) in [6.45, 7) is 1.92. The van der Waals surface area contributed by atoms with Crippen molar-refractivity contribution in [1.29, 1.82) is 0 Å². The molecule has 0 N–H and O–H groups in total. The van der Waals surface area contributed by atoms with Crippen molar-refractivity contribution >= 4 is 34.8 Å². The van der Waals surface area contributed by atoms with Gasteiger partial charge in [-0.15, -0.1) is 0 Å². The van der Waals surface area contributed by atoms with E-state index >= 15 is 0 Å². The van der Waals surface area contributed by atoms with Crippen LogP contribution in [0.5, 0.6) is 0 Å². The first kappa shape index (κ1) is 14.5. The van der Waals surface area contributed by atoms with Gasteiger partial charge in [-0.05, 0) is 24.1 Å². The molecular weight excluding hydrogens is 310 g/mol. The molecule has 0 aliphatic rings. The van der Waals surface area contributed by atoms with Gasteiger partial charge in [0.05, 0.1) is 0 Å². The van der Waals surface area contributed by atoms with E-state index in [2.05, 4.69) is 9.97 Å². The van der Waals surface area contributed by atoms with Crippen molar-refractivity contribution in [2.24, 2.45) is 0 Å². The van der Waals surface area contributed by atoms with Crippen molar-refractivity contribution in [3.8, 4) is 0 Å². The van der Waals surface area contributed by atoms with Crippen LogP contribution in [0.15, 0.2) is 18.2 Å². The third-order valence-electron chi connectivity index (χ3n) is 2.67. The number of halogens is 4. The number of nitrogens with zero attached hydrogens (tertiary/aromatic N) is 2. The molecule has 2 aromatic rings. The van der Waals surface area contributed by atoms with E-state index < -0.39 is 0 Å². The highest BCUT2D eigenvalue weighted by atomic mass is 35.5. The van der Waals surface area contributed by atoms with Crippen LogP contribution in [0.25, 0.3) is 0 Å². The number of rotatable bonds is 3. The van der Waals surface area contributed by atoms with E-state index in [9.17, 15) is 4.39 Å². The van der Waals surface area contributed by atoms with Crippen molar-refractivity contribution in [3.05, 3.63) is 56.3 Å². The Labute approximate surface area is 125 Å². The molecule has 0 aliphatic heterocycles. The lowest BCUT2D eigenvalue weighted by atomic mass is 10.1. The quantitative estimate of drug-likeness (QED) is 0.764. The smallest absolute Gasteiger partial charge is 0.137 e. The summed E-state index contributed by atoms with van der Waals surface area (Å²) in [7, 11) is 0. The van der Waals surface area contributed by atoms with Gasteiger partial charge in [0.15, 0.2) is 0 Å². The van der Waals surface area contributed by atoms with Crippen LogP contribution in [0, 0.1) is 5.82 Å². The van der Waals surface area contributed by atoms with Crippen LogP contribution in [0.4, 0.5) is 4.39 Å². The summed E-state index contributed by atoms with van der Waals surface area (Å²) in [5, 5.41) is 1.02. The van der Waals surface area contributed by atoms with E-state index in [-0.39, 0.29) is 5.82 Å². The lowest BCUT2D eigenvalue weighted by molar-refractivity contribution is 0.627. The Kier molecular flexibility index (Phi) is 4.61. The first-order valence-electron chi connectivity index (χ1n) is 5.66. The first-order valence-corrected chi connectivity index (χ1v) is 6.79. The average molecular weight is 320 g/mol. The summed E-state index contributed by atoms with van der Waals surface area (Å²) in [4.78, 5) is 8.36. The lowest BCUT2D eigenvalue weighted by Gasteiger charge is -2.07. The maximum absolute atomic E-state index is 13.0. The number of aromatic nitrogens is 2. The standard InChI is InChI=1S/C13H10Cl3FN2/c1-2-9-12(15)18-11(19-13(9)16)5-7-3-4-8(17)6-10(7)14/h3-4,6H,2,5H2,1H3. The van der Waals surface area contributed by atoms with Gasteiger partial charge in [0.2, 0.25) is 0 Å². The maximum atomic E-state index is 13.0. The van der Waals surface area contributed by atoms with E-state index in [4.69, 9.17) is 34.8 Å². The summed E-state index contributed by atoms with van der Waals surface area (Å²) in [5.41, 5.74) is 1.44. The van der Waals surface area contributed by atoms with Crippen LogP contribution in [-0.4, -0.2) is 9.97 Å². The molecule has 1 aromatic heterocycles. The van der Waals surface area contributed by atoms with Crippen LogP contribution >= 0.6 is 34.8 Å². The second-order valence-electron chi connectivity index (χ2n) is 3.97. The molecule has 0 atom stereocenters. The summed E-state index contributed by atoms with van der Waals surface area (Å²) in [6.07, 6.45) is 1.01. The number of benzene rings is 1. The number of hydrogen-bond donors (Lipinski definition) is 0. The minimum atomic E-state index is -0.382.